The van der Waals surface area contributed by atoms with Gasteiger partial charge in [0.05, 0.1) is 13.7 Å². The molecule has 0 N–H and O–H groups in total. The van der Waals surface area contributed by atoms with Gasteiger partial charge in [-0.3, -0.25) is 0 Å². The van der Waals surface area contributed by atoms with Crippen LogP contribution in [0.25, 0.3) is 66.4 Å². The summed E-state index contributed by atoms with van der Waals surface area (Å²) in [7, 11) is -1.23. The van der Waals surface area contributed by atoms with E-state index in [0.29, 0.717) is 0 Å². The van der Waals surface area contributed by atoms with E-state index in [1.165, 1.54) is 5.19 Å². The molecule has 0 aliphatic carbocycles. The number of aromatic nitrogens is 2. The van der Waals surface area contributed by atoms with Crippen LogP contribution in [0.5, 0.6) is 0 Å². The zero-order chi connectivity index (χ0) is 29.6. The number of aryl methyl sites for hydroxylation is 1. The van der Waals surface area contributed by atoms with Crippen LogP contribution in [-0.2, 0) is 20.1 Å². The molecule has 0 unspecified atom stereocenters. The normalized spacial score (nSPS) is 11.5. The number of fused-ring (bicyclic) bond motifs is 6. The van der Waals surface area contributed by atoms with Gasteiger partial charge in [0.15, 0.2) is 0 Å². The largest absolute Gasteiger partial charge is 0.501 e. The maximum atomic E-state index is 6.13. The van der Waals surface area contributed by atoms with Crippen LogP contribution >= 0.6 is 0 Å². The fourth-order valence-corrected chi connectivity index (χ4v) is 6.44. The number of para-hydroxylation sites is 2. The molecule has 4 heterocycles. The van der Waals surface area contributed by atoms with Crippen LogP contribution < -0.4 is 5.19 Å². The van der Waals surface area contributed by atoms with Crippen LogP contribution in [-0.4, -0.2) is 18.0 Å². The third-order valence-electron chi connectivity index (χ3n) is 7.79. The first-order valence-corrected chi connectivity index (χ1v) is 17.9. The van der Waals surface area contributed by atoms with Crippen LogP contribution in [0.4, 0.5) is 0 Å². The minimum absolute atomic E-state index is 0. The van der Waals surface area contributed by atoms with Gasteiger partial charge in [0.25, 0.3) is 0 Å². The Balaban J connectivity index is 0.000000174. The molecule has 6 heteroatoms. The van der Waals surface area contributed by atoms with Gasteiger partial charge >= 0.3 is 0 Å². The van der Waals surface area contributed by atoms with Gasteiger partial charge in [-0.1, -0.05) is 79.1 Å². The first kappa shape index (κ1) is 29.7. The molecule has 4 aromatic carbocycles. The van der Waals surface area contributed by atoms with Crippen LogP contribution in [0.15, 0.2) is 118 Å². The van der Waals surface area contributed by atoms with Crippen molar-refractivity contribution in [1.29, 1.82) is 0 Å². The van der Waals surface area contributed by atoms with Crippen LogP contribution in [0.1, 0.15) is 5.56 Å². The number of hydrogen-bond donors (Lipinski definition) is 0. The third kappa shape index (κ3) is 5.53. The predicted molar refractivity (Wildman–Crippen MR) is 179 cm³/mol. The molecule has 0 fully saturated rings. The molecule has 0 saturated carbocycles. The van der Waals surface area contributed by atoms with Crippen molar-refractivity contribution in [2.24, 2.45) is 0 Å². The number of nitrogens with zero attached hydrogens (tertiary/aromatic N) is 2. The minimum Gasteiger partial charge on any atom is -0.501 e. The molecule has 44 heavy (non-hydrogen) atoms. The molecular weight excluding hydrogens is 737 g/mol. The second-order valence-electron chi connectivity index (χ2n) is 11.8. The number of benzene rings is 4. The van der Waals surface area contributed by atoms with Crippen molar-refractivity contribution in [3.63, 3.8) is 0 Å². The molecule has 0 amide bonds. The zero-order valence-corrected chi connectivity index (χ0v) is 28.3. The van der Waals surface area contributed by atoms with Gasteiger partial charge in [0, 0.05) is 48.7 Å². The summed E-state index contributed by atoms with van der Waals surface area (Å²) < 4.78 is 12.3. The SMILES string of the molecule is C[Si](C)(C)c1ccc(-c2[c-]cccc2)nc1.Cc1cccc2c1oc1cc(-c3[c-]ccc4c3oc3ccccc34)ncc12.[Ir]. The molecule has 1 radical (unpaired) electrons. The van der Waals surface area contributed by atoms with E-state index < -0.39 is 8.07 Å². The second kappa shape index (κ2) is 12.0. The summed E-state index contributed by atoms with van der Waals surface area (Å²) in [6.45, 7) is 9.05. The van der Waals surface area contributed by atoms with E-state index in [-0.39, 0.29) is 20.1 Å². The topological polar surface area (TPSA) is 52.1 Å². The second-order valence-corrected chi connectivity index (χ2v) is 16.8. The van der Waals surface area contributed by atoms with E-state index in [1.54, 1.807) is 0 Å². The van der Waals surface area contributed by atoms with Gasteiger partial charge in [-0.25, -0.2) is 0 Å². The summed E-state index contributed by atoms with van der Waals surface area (Å²) in [5, 5.41) is 5.68. The monoisotopic (exact) mass is 767 g/mol. The average molecular weight is 767 g/mol. The van der Waals surface area contributed by atoms with Gasteiger partial charge in [-0.05, 0) is 41.2 Å². The maximum Gasteiger partial charge on any atom is 0.138 e. The van der Waals surface area contributed by atoms with E-state index in [4.69, 9.17) is 13.8 Å². The van der Waals surface area contributed by atoms with Gasteiger partial charge in [0.1, 0.15) is 16.7 Å². The van der Waals surface area contributed by atoms with E-state index in [1.807, 2.05) is 79.1 Å². The molecular formula is C38H30IrN2O2Si-2. The van der Waals surface area contributed by atoms with E-state index >= 15 is 0 Å². The van der Waals surface area contributed by atoms with Crippen molar-refractivity contribution in [3.8, 4) is 22.5 Å². The van der Waals surface area contributed by atoms with Gasteiger partial charge in [-0.2, -0.15) is 0 Å². The van der Waals surface area contributed by atoms with Crippen molar-refractivity contribution < 1.29 is 28.9 Å². The van der Waals surface area contributed by atoms with E-state index in [9.17, 15) is 0 Å². The predicted octanol–water partition coefficient (Wildman–Crippen LogP) is 9.75. The zero-order valence-electron chi connectivity index (χ0n) is 24.9. The fraction of sp³-hybridized carbons (Fsp3) is 0.105. The Labute approximate surface area is 271 Å². The van der Waals surface area contributed by atoms with Crippen molar-refractivity contribution in [2.75, 3.05) is 0 Å². The number of pyridine rings is 2. The minimum atomic E-state index is -1.23. The summed E-state index contributed by atoms with van der Waals surface area (Å²) in [6.07, 6.45) is 3.90. The maximum absolute atomic E-state index is 6.13. The first-order chi connectivity index (χ1) is 20.9. The standard InChI is InChI=1S/C24H14NO2.C14H16NSi.Ir/c1-14-6-4-8-17-19-13-25-20(12-22(19)27-23(14)17)18-10-5-9-16-15-7-2-3-11-21(15)26-24(16)18;1-16(2,3)13-9-10-14(15-11-13)12-7-5-4-6-8-12;/h2-9,11-13H,1H3;4-7,9-11H,1-3H3;/q2*-1;. The van der Waals surface area contributed by atoms with E-state index in [2.05, 4.69) is 74.0 Å². The van der Waals surface area contributed by atoms with Gasteiger partial charge in [0.2, 0.25) is 0 Å². The quantitative estimate of drug-likeness (QED) is 0.133. The molecule has 0 spiro atoms. The molecule has 0 aliphatic heterocycles. The first-order valence-electron chi connectivity index (χ1n) is 14.4. The Kier molecular flexibility index (Phi) is 8.08. The summed E-state index contributed by atoms with van der Waals surface area (Å²) in [5.41, 5.74) is 8.24. The number of rotatable bonds is 3. The molecule has 4 nitrogen and oxygen atoms in total. The molecule has 8 aromatic rings. The van der Waals surface area contributed by atoms with Crippen molar-refractivity contribution in [2.45, 2.75) is 26.6 Å². The van der Waals surface area contributed by atoms with Crippen molar-refractivity contribution in [1.82, 2.24) is 9.97 Å². The van der Waals surface area contributed by atoms with Crippen molar-refractivity contribution in [3.05, 3.63) is 127 Å². The Morgan fingerprint density at radius 3 is 2.14 bits per heavy atom. The summed E-state index contributed by atoms with van der Waals surface area (Å²) in [4.78, 5) is 9.22. The Morgan fingerprint density at radius 2 is 1.36 bits per heavy atom. The van der Waals surface area contributed by atoms with Crippen LogP contribution in [0.3, 0.4) is 0 Å². The third-order valence-corrected chi connectivity index (χ3v) is 9.82. The molecule has 0 saturated heterocycles. The molecule has 0 atom stereocenters. The molecule has 8 rings (SSSR count). The van der Waals surface area contributed by atoms with Crippen LogP contribution in [0.2, 0.25) is 19.6 Å². The summed E-state index contributed by atoms with van der Waals surface area (Å²) in [6, 6.07) is 38.9. The number of hydrogen-bond acceptors (Lipinski definition) is 4. The Morgan fingerprint density at radius 1 is 0.614 bits per heavy atom. The summed E-state index contributed by atoms with van der Waals surface area (Å²) >= 11 is 0. The number of furan rings is 2. The smallest absolute Gasteiger partial charge is 0.138 e. The fourth-order valence-electron chi connectivity index (χ4n) is 5.40. The van der Waals surface area contributed by atoms with E-state index in [0.717, 1.165) is 72.0 Å². The molecule has 0 bridgehead atoms. The Bertz CT molecular complexity index is 2230. The summed E-state index contributed by atoms with van der Waals surface area (Å²) in [5.74, 6) is 0. The molecule has 0 aliphatic rings. The Hall–Kier alpha value is -4.35. The van der Waals surface area contributed by atoms with Gasteiger partial charge in [-0.15, -0.1) is 54.1 Å². The van der Waals surface area contributed by atoms with Gasteiger partial charge < -0.3 is 18.8 Å². The van der Waals surface area contributed by atoms with Crippen LogP contribution in [0, 0.1) is 19.1 Å². The molecule has 4 aromatic heterocycles. The molecule has 219 valence electrons. The van der Waals surface area contributed by atoms with Crippen molar-refractivity contribution >= 4 is 57.1 Å². The average Bonchev–Trinajstić information content (AvgIpc) is 3.60.